The molecule has 0 amide bonds. The Balaban J connectivity index is 2.37. The van der Waals surface area contributed by atoms with Crippen LogP contribution in [0.1, 0.15) is 39.5 Å². The molecule has 1 atom stereocenters. The monoisotopic (exact) mass is 284 g/mol. The highest BCUT2D eigenvalue weighted by Gasteiger charge is 2.06. The Hall–Kier alpha value is -0.500. The van der Waals surface area contributed by atoms with Crippen molar-refractivity contribution in [2.75, 3.05) is 6.61 Å². The Morgan fingerprint density at radius 1 is 1.31 bits per heavy atom. The van der Waals surface area contributed by atoms with E-state index in [1.54, 1.807) is 0 Å². The molecule has 0 radical (unpaired) electrons. The van der Waals surface area contributed by atoms with Crippen LogP contribution in [0.5, 0.6) is 5.75 Å². The maximum absolute atomic E-state index is 5.81. The molecule has 0 aliphatic heterocycles. The molecule has 0 saturated carbocycles. The van der Waals surface area contributed by atoms with Crippen molar-refractivity contribution < 1.29 is 4.74 Å². The summed E-state index contributed by atoms with van der Waals surface area (Å²) in [5.74, 6) is 1.66. The molecule has 1 unspecified atom stereocenters. The van der Waals surface area contributed by atoms with Crippen LogP contribution in [0.2, 0.25) is 0 Å². The van der Waals surface area contributed by atoms with Crippen molar-refractivity contribution in [1.29, 1.82) is 0 Å². The minimum absolute atomic E-state index is 0.693. The van der Waals surface area contributed by atoms with Gasteiger partial charge in [-0.1, -0.05) is 55.1 Å². The number of ether oxygens (including phenoxy) is 1. The van der Waals surface area contributed by atoms with E-state index in [1.165, 1.54) is 25.7 Å². The third-order valence-corrected chi connectivity index (χ3v) is 3.32. The molecule has 0 spiro atoms. The highest BCUT2D eigenvalue weighted by Crippen LogP contribution is 2.20. The van der Waals surface area contributed by atoms with Gasteiger partial charge in [0.05, 0.1) is 6.61 Å². The Morgan fingerprint density at radius 3 is 2.75 bits per heavy atom. The Morgan fingerprint density at radius 2 is 2.12 bits per heavy atom. The second-order valence-corrected chi connectivity index (χ2v) is 5.10. The predicted octanol–water partition coefficient (Wildman–Crippen LogP) is 5.04. The van der Waals surface area contributed by atoms with Crippen molar-refractivity contribution in [2.24, 2.45) is 5.92 Å². The summed E-state index contributed by atoms with van der Waals surface area (Å²) in [6, 6.07) is 8.05. The number of hydrogen-bond donors (Lipinski definition) is 0. The molecule has 0 aliphatic rings. The van der Waals surface area contributed by atoms with Gasteiger partial charge < -0.3 is 4.74 Å². The first-order chi connectivity index (χ1) is 7.76. The third-order valence-electron chi connectivity index (χ3n) is 2.83. The molecule has 0 aromatic heterocycles. The van der Waals surface area contributed by atoms with Crippen molar-refractivity contribution in [3.8, 4) is 5.75 Å². The lowest BCUT2D eigenvalue weighted by Crippen LogP contribution is -2.11. The van der Waals surface area contributed by atoms with Crippen LogP contribution in [0.15, 0.2) is 28.7 Å². The second kappa shape index (κ2) is 7.72. The molecule has 0 fully saturated rings. The molecule has 0 aliphatic carbocycles. The fourth-order valence-corrected chi connectivity index (χ4v) is 2.05. The quantitative estimate of drug-likeness (QED) is 0.681. The summed E-state index contributed by atoms with van der Waals surface area (Å²) in [5.41, 5.74) is 0. The molecular formula is C14H21BrO. The molecule has 0 bridgehead atoms. The van der Waals surface area contributed by atoms with Gasteiger partial charge in [0.1, 0.15) is 5.75 Å². The van der Waals surface area contributed by atoms with Crippen LogP contribution in [-0.4, -0.2) is 6.61 Å². The molecule has 1 rings (SSSR count). The van der Waals surface area contributed by atoms with E-state index in [0.29, 0.717) is 5.92 Å². The van der Waals surface area contributed by atoms with Gasteiger partial charge in [-0.25, -0.2) is 0 Å². The lowest BCUT2D eigenvalue weighted by atomic mass is 10.0. The van der Waals surface area contributed by atoms with Crippen LogP contribution in [0.4, 0.5) is 0 Å². The first-order valence-electron chi connectivity index (χ1n) is 6.14. The molecule has 16 heavy (non-hydrogen) atoms. The first kappa shape index (κ1) is 13.6. The van der Waals surface area contributed by atoms with Gasteiger partial charge in [-0.15, -0.1) is 0 Å². The van der Waals surface area contributed by atoms with Gasteiger partial charge in [0.25, 0.3) is 0 Å². The van der Waals surface area contributed by atoms with E-state index in [1.807, 2.05) is 24.3 Å². The lowest BCUT2D eigenvalue weighted by Gasteiger charge is -2.15. The molecule has 0 saturated heterocycles. The van der Waals surface area contributed by atoms with E-state index in [-0.39, 0.29) is 0 Å². The Bertz CT molecular complexity index is 299. The van der Waals surface area contributed by atoms with Gasteiger partial charge in [-0.3, -0.25) is 0 Å². The van der Waals surface area contributed by atoms with Crippen LogP contribution in [0.3, 0.4) is 0 Å². The van der Waals surface area contributed by atoms with Crippen LogP contribution in [0.25, 0.3) is 0 Å². The SMILES string of the molecule is CCCCC(CC)COc1cccc(Br)c1. The molecule has 90 valence electrons. The molecule has 1 nitrogen and oxygen atoms in total. The second-order valence-electron chi connectivity index (χ2n) is 4.18. The molecule has 0 N–H and O–H groups in total. The van der Waals surface area contributed by atoms with Crippen molar-refractivity contribution >= 4 is 15.9 Å². The molecule has 1 aromatic carbocycles. The number of unbranched alkanes of at least 4 members (excludes halogenated alkanes) is 1. The van der Waals surface area contributed by atoms with Crippen LogP contribution < -0.4 is 4.74 Å². The average Bonchev–Trinajstić information content (AvgIpc) is 2.29. The summed E-state index contributed by atoms with van der Waals surface area (Å²) in [4.78, 5) is 0. The largest absolute Gasteiger partial charge is 0.493 e. The van der Waals surface area contributed by atoms with Gasteiger partial charge in [0, 0.05) is 4.47 Å². The summed E-state index contributed by atoms with van der Waals surface area (Å²) in [7, 11) is 0. The Labute approximate surface area is 107 Å². The van der Waals surface area contributed by atoms with Crippen LogP contribution in [-0.2, 0) is 0 Å². The maximum Gasteiger partial charge on any atom is 0.120 e. The summed E-state index contributed by atoms with van der Waals surface area (Å²) in [5, 5.41) is 0. The highest BCUT2D eigenvalue weighted by atomic mass is 79.9. The average molecular weight is 285 g/mol. The van der Waals surface area contributed by atoms with Crippen molar-refractivity contribution in [3.05, 3.63) is 28.7 Å². The van der Waals surface area contributed by atoms with Crippen LogP contribution >= 0.6 is 15.9 Å². The fourth-order valence-electron chi connectivity index (χ4n) is 1.67. The van der Waals surface area contributed by atoms with Gasteiger partial charge in [0.15, 0.2) is 0 Å². The predicted molar refractivity (Wildman–Crippen MR) is 72.9 cm³/mol. The number of rotatable bonds is 7. The fraction of sp³-hybridized carbons (Fsp3) is 0.571. The van der Waals surface area contributed by atoms with E-state index in [4.69, 9.17) is 4.74 Å². The summed E-state index contributed by atoms with van der Waals surface area (Å²) >= 11 is 3.45. The van der Waals surface area contributed by atoms with Crippen LogP contribution in [0, 0.1) is 5.92 Å². The van der Waals surface area contributed by atoms with E-state index >= 15 is 0 Å². The first-order valence-corrected chi connectivity index (χ1v) is 6.94. The number of halogens is 1. The van der Waals surface area contributed by atoms with Crippen molar-refractivity contribution in [3.63, 3.8) is 0 Å². The standard InChI is InChI=1S/C14H21BrO/c1-3-5-7-12(4-2)11-16-14-9-6-8-13(15)10-14/h6,8-10,12H,3-5,7,11H2,1-2H3. The van der Waals surface area contributed by atoms with Crippen molar-refractivity contribution in [2.45, 2.75) is 39.5 Å². The molecule has 1 aromatic rings. The Kier molecular flexibility index (Phi) is 6.55. The summed E-state index contributed by atoms with van der Waals surface area (Å²) in [6.07, 6.45) is 5.06. The van der Waals surface area contributed by atoms with E-state index < -0.39 is 0 Å². The zero-order valence-corrected chi connectivity index (χ0v) is 11.8. The zero-order chi connectivity index (χ0) is 11.8. The smallest absolute Gasteiger partial charge is 0.120 e. The van der Waals surface area contributed by atoms with Gasteiger partial charge in [0.2, 0.25) is 0 Å². The van der Waals surface area contributed by atoms with E-state index in [2.05, 4.69) is 29.8 Å². The zero-order valence-electron chi connectivity index (χ0n) is 10.2. The van der Waals surface area contributed by atoms with E-state index in [0.717, 1.165) is 16.8 Å². The summed E-state index contributed by atoms with van der Waals surface area (Å²) in [6.45, 7) is 5.32. The summed E-state index contributed by atoms with van der Waals surface area (Å²) < 4.78 is 6.88. The number of benzene rings is 1. The molecule has 2 heteroatoms. The van der Waals surface area contributed by atoms with Crippen molar-refractivity contribution in [1.82, 2.24) is 0 Å². The topological polar surface area (TPSA) is 9.23 Å². The van der Waals surface area contributed by atoms with Gasteiger partial charge in [-0.2, -0.15) is 0 Å². The van der Waals surface area contributed by atoms with Gasteiger partial charge in [-0.05, 0) is 30.5 Å². The minimum atomic E-state index is 0.693. The number of hydrogen-bond acceptors (Lipinski definition) is 1. The van der Waals surface area contributed by atoms with E-state index in [9.17, 15) is 0 Å². The molecule has 0 heterocycles. The van der Waals surface area contributed by atoms with Gasteiger partial charge >= 0.3 is 0 Å². The minimum Gasteiger partial charge on any atom is -0.493 e. The highest BCUT2D eigenvalue weighted by molar-refractivity contribution is 9.10. The maximum atomic E-state index is 5.81. The third kappa shape index (κ3) is 5.02. The normalized spacial score (nSPS) is 12.4. The molecular weight excluding hydrogens is 264 g/mol. The lowest BCUT2D eigenvalue weighted by molar-refractivity contribution is 0.233.